The minimum atomic E-state index is -1.03. The SMILES string of the molecule is C[C@@H](Cc1ccc2ccoc2c1)N[S+]([O-])C(C)(C)C. The van der Waals surface area contributed by atoms with Crippen molar-refractivity contribution < 1.29 is 8.97 Å². The first-order valence-corrected chi connectivity index (χ1v) is 7.65. The smallest absolute Gasteiger partial charge is 0.136 e. The van der Waals surface area contributed by atoms with Crippen molar-refractivity contribution >= 4 is 22.3 Å². The van der Waals surface area contributed by atoms with E-state index >= 15 is 0 Å². The van der Waals surface area contributed by atoms with Gasteiger partial charge in [0.2, 0.25) is 0 Å². The molecule has 4 heteroatoms. The summed E-state index contributed by atoms with van der Waals surface area (Å²) >= 11 is -1.03. The molecule has 19 heavy (non-hydrogen) atoms. The average Bonchev–Trinajstić information content (AvgIpc) is 2.74. The Morgan fingerprint density at radius 3 is 2.74 bits per heavy atom. The molecule has 0 aliphatic rings. The third-order valence-electron chi connectivity index (χ3n) is 2.93. The zero-order valence-electron chi connectivity index (χ0n) is 11.9. The first-order chi connectivity index (χ1) is 8.86. The Hall–Kier alpha value is -0.970. The Bertz CT molecular complexity index is 544. The van der Waals surface area contributed by atoms with Gasteiger partial charge < -0.3 is 8.97 Å². The number of rotatable bonds is 4. The molecule has 1 aromatic heterocycles. The van der Waals surface area contributed by atoms with Gasteiger partial charge >= 0.3 is 0 Å². The summed E-state index contributed by atoms with van der Waals surface area (Å²) < 4.78 is 20.3. The van der Waals surface area contributed by atoms with E-state index in [4.69, 9.17) is 4.42 Å². The molecule has 104 valence electrons. The van der Waals surface area contributed by atoms with Crippen LogP contribution in [0.15, 0.2) is 34.9 Å². The molecule has 3 nitrogen and oxygen atoms in total. The van der Waals surface area contributed by atoms with E-state index in [1.54, 1.807) is 6.26 Å². The van der Waals surface area contributed by atoms with Crippen LogP contribution in [0, 0.1) is 0 Å². The van der Waals surface area contributed by atoms with Crippen molar-refractivity contribution in [2.45, 2.75) is 44.9 Å². The van der Waals surface area contributed by atoms with Gasteiger partial charge in [-0.1, -0.05) is 12.1 Å². The number of furan rings is 1. The maximum atomic E-state index is 12.0. The van der Waals surface area contributed by atoms with E-state index in [0.717, 1.165) is 17.4 Å². The predicted octanol–water partition coefficient (Wildman–Crippen LogP) is 3.42. The first-order valence-electron chi connectivity index (χ1n) is 6.50. The van der Waals surface area contributed by atoms with Crippen LogP contribution >= 0.6 is 0 Å². The molecular formula is C15H21NO2S. The molecule has 0 aliphatic carbocycles. The normalized spacial score (nSPS) is 15.6. The second kappa shape index (κ2) is 5.57. The molecule has 0 saturated carbocycles. The molecule has 2 aromatic rings. The maximum absolute atomic E-state index is 12.0. The van der Waals surface area contributed by atoms with E-state index in [0.29, 0.717) is 0 Å². The summed E-state index contributed by atoms with van der Waals surface area (Å²) in [5, 5.41) is 1.11. The van der Waals surface area contributed by atoms with E-state index in [9.17, 15) is 4.55 Å². The first kappa shape index (κ1) is 14.4. The fourth-order valence-electron chi connectivity index (χ4n) is 1.88. The molecular weight excluding hydrogens is 258 g/mol. The van der Waals surface area contributed by atoms with Gasteiger partial charge in [0.15, 0.2) is 0 Å². The maximum Gasteiger partial charge on any atom is 0.136 e. The van der Waals surface area contributed by atoms with Gasteiger partial charge in [-0.25, -0.2) is 0 Å². The van der Waals surface area contributed by atoms with Crippen molar-refractivity contribution in [1.29, 1.82) is 0 Å². The number of fused-ring (bicyclic) bond motifs is 1. The third kappa shape index (κ3) is 3.75. The van der Waals surface area contributed by atoms with Crippen LogP contribution in [0.25, 0.3) is 11.0 Å². The lowest BCUT2D eigenvalue weighted by molar-refractivity contribution is 0.526. The zero-order chi connectivity index (χ0) is 14.0. The van der Waals surface area contributed by atoms with Gasteiger partial charge in [0.05, 0.1) is 12.3 Å². The molecule has 0 radical (unpaired) electrons. The highest BCUT2D eigenvalue weighted by atomic mass is 32.2. The van der Waals surface area contributed by atoms with Crippen molar-refractivity contribution in [3.8, 4) is 0 Å². The lowest BCUT2D eigenvalue weighted by atomic mass is 10.1. The minimum Gasteiger partial charge on any atom is -0.598 e. The molecule has 2 atom stereocenters. The molecule has 1 heterocycles. The Labute approximate surface area is 117 Å². The van der Waals surface area contributed by atoms with Crippen molar-refractivity contribution in [3.63, 3.8) is 0 Å². The van der Waals surface area contributed by atoms with Crippen molar-refractivity contribution in [2.75, 3.05) is 0 Å². The second-order valence-corrected chi connectivity index (χ2v) is 7.89. The standard InChI is InChI=1S/C15H21NO2S/c1-11(16-19(17)15(2,3)4)9-12-5-6-13-7-8-18-14(13)10-12/h5-8,10-11,16H,9H2,1-4H3/t11-,19?/m0/s1. The highest BCUT2D eigenvalue weighted by Gasteiger charge is 2.27. The average molecular weight is 279 g/mol. The minimum absolute atomic E-state index is 0.160. The topological polar surface area (TPSA) is 48.2 Å². The van der Waals surface area contributed by atoms with Crippen molar-refractivity contribution in [3.05, 3.63) is 36.1 Å². The molecule has 0 fully saturated rings. The summed E-state index contributed by atoms with van der Waals surface area (Å²) in [6, 6.07) is 8.31. The van der Waals surface area contributed by atoms with Crippen LogP contribution in [0.5, 0.6) is 0 Å². The molecule has 0 saturated heterocycles. The lowest BCUT2D eigenvalue weighted by Gasteiger charge is -2.26. The summed E-state index contributed by atoms with van der Waals surface area (Å²) in [7, 11) is 0. The Morgan fingerprint density at radius 2 is 2.05 bits per heavy atom. The number of benzene rings is 1. The van der Waals surface area contributed by atoms with Crippen LogP contribution in [0.4, 0.5) is 0 Å². The Morgan fingerprint density at radius 1 is 1.32 bits per heavy atom. The third-order valence-corrected chi connectivity index (χ3v) is 4.66. The quantitative estimate of drug-likeness (QED) is 0.872. The molecule has 2 rings (SSSR count). The molecule has 0 amide bonds. The van der Waals surface area contributed by atoms with Crippen LogP contribution in [0.2, 0.25) is 0 Å². The predicted molar refractivity (Wildman–Crippen MR) is 80.4 cm³/mol. The van der Waals surface area contributed by atoms with Gasteiger partial charge in [-0.05, 0) is 51.8 Å². The van der Waals surface area contributed by atoms with Gasteiger partial charge in [0.25, 0.3) is 0 Å². The van der Waals surface area contributed by atoms with E-state index < -0.39 is 11.4 Å². The van der Waals surface area contributed by atoms with E-state index in [-0.39, 0.29) is 10.8 Å². The highest BCUT2D eigenvalue weighted by Crippen LogP contribution is 2.19. The van der Waals surface area contributed by atoms with Crippen LogP contribution in [0.1, 0.15) is 33.3 Å². The number of nitrogens with one attached hydrogen (secondary N) is 1. The van der Waals surface area contributed by atoms with Crippen molar-refractivity contribution in [2.24, 2.45) is 0 Å². The molecule has 1 N–H and O–H groups in total. The number of hydrogen-bond donors (Lipinski definition) is 1. The van der Waals surface area contributed by atoms with E-state index in [1.807, 2.05) is 32.9 Å². The van der Waals surface area contributed by atoms with Gasteiger partial charge in [-0.2, -0.15) is 0 Å². The summed E-state index contributed by atoms with van der Waals surface area (Å²) in [6.45, 7) is 7.96. The fraction of sp³-hybridized carbons (Fsp3) is 0.467. The van der Waals surface area contributed by atoms with Crippen LogP contribution in [0.3, 0.4) is 0 Å². The molecule has 1 unspecified atom stereocenters. The number of hydrogen-bond acceptors (Lipinski definition) is 3. The highest BCUT2D eigenvalue weighted by molar-refractivity contribution is 7.90. The van der Waals surface area contributed by atoms with Gasteiger partial charge in [0, 0.05) is 16.7 Å². The fourth-order valence-corrected chi connectivity index (χ4v) is 2.68. The van der Waals surface area contributed by atoms with Crippen LogP contribution in [-0.2, 0) is 17.8 Å². The summed E-state index contributed by atoms with van der Waals surface area (Å²) in [5.41, 5.74) is 2.09. The van der Waals surface area contributed by atoms with Crippen molar-refractivity contribution in [1.82, 2.24) is 4.72 Å². The van der Waals surface area contributed by atoms with E-state index in [2.05, 4.69) is 23.8 Å². The lowest BCUT2D eigenvalue weighted by Crippen LogP contribution is -2.44. The molecule has 0 spiro atoms. The summed E-state index contributed by atoms with van der Waals surface area (Å²) in [6.07, 6.45) is 2.53. The molecule has 0 bridgehead atoms. The van der Waals surface area contributed by atoms with Crippen LogP contribution in [-0.4, -0.2) is 15.3 Å². The van der Waals surface area contributed by atoms with Crippen LogP contribution < -0.4 is 4.72 Å². The van der Waals surface area contributed by atoms with Gasteiger partial charge in [-0.3, -0.25) is 0 Å². The van der Waals surface area contributed by atoms with E-state index in [1.165, 1.54) is 5.56 Å². The zero-order valence-corrected chi connectivity index (χ0v) is 12.7. The largest absolute Gasteiger partial charge is 0.598 e. The van der Waals surface area contributed by atoms with Gasteiger partial charge in [0.1, 0.15) is 10.3 Å². The Balaban J connectivity index is 2.00. The summed E-state index contributed by atoms with van der Waals surface area (Å²) in [4.78, 5) is 0. The summed E-state index contributed by atoms with van der Waals surface area (Å²) in [5.74, 6) is 0. The van der Waals surface area contributed by atoms with Gasteiger partial charge in [-0.15, -0.1) is 4.72 Å². The molecule has 0 aliphatic heterocycles. The molecule has 1 aromatic carbocycles. The Kier molecular flexibility index (Phi) is 4.23. The monoisotopic (exact) mass is 279 g/mol. The second-order valence-electron chi connectivity index (χ2n) is 5.90.